The number of nitrogens with one attached hydrogen (secondary N) is 1. The average Bonchev–Trinajstić information content (AvgIpc) is 2.24. The number of amides is 1. The minimum absolute atomic E-state index is 0.207. The fraction of sp³-hybridized carbons (Fsp3) is 0.500. The summed E-state index contributed by atoms with van der Waals surface area (Å²) in [4.78, 5) is 11.4. The number of carbonyl (C=O) groups is 1. The maximum Gasteiger partial charge on any atom is 0.220 e. The van der Waals surface area contributed by atoms with Gasteiger partial charge < -0.3 is 5.32 Å². The zero-order chi connectivity index (χ0) is 11.4. The van der Waals surface area contributed by atoms with Crippen LogP contribution in [0, 0.1) is 5.92 Å². The first-order valence-corrected chi connectivity index (χ1v) is 6.11. The van der Waals surface area contributed by atoms with Crippen LogP contribution >= 0.6 is 0 Å². The van der Waals surface area contributed by atoms with Gasteiger partial charge in [0.1, 0.15) is 0 Å². The van der Waals surface area contributed by atoms with Crippen molar-refractivity contribution in [3.8, 4) is 0 Å². The quantitative estimate of drug-likeness (QED) is 0.825. The normalized spacial score (nSPS) is 23.6. The molecule has 1 fully saturated rings. The Labute approximate surface area is 97.1 Å². The molecule has 1 amide bonds. The molecule has 86 valence electrons. The Kier molecular flexibility index (Phi) is 3.60. The van der Waals surface area contributed by atoms with E-state index in [1.807, 2.05) is 13.0 Å². The highest BCUT2D eigenvalue weighted by Gasteiger charge is 2.31. The van der Waals surface area contributed by atoms with Gasteiger partial charge in [-0.05, 0) is 37.2 Å². The van der Waals surface area contributed by atoms with E-state index < -0.39 is 0 Å². The first kappa shape index (κ1) is 11.2. The van der Waals surface area contributed by atoms with Crippen molar-refractivity contribution in [1.29, 1.82) is 0 Å². The number of benzene rings is 1. The van der Waals surface area contributed by atoms with E-state index in [2.05, 4.69) is 29.6 Å². The van der Waals surface area contributed by atoms with E-state index in [1.54, 1.807) is 0 Å². The van der Waals surface area contributed by atoms with E-state index >= 15 is 0 Å². The smallest absolute Gasteiger partial charge is 0.220 e. The van der Waals surface area contributed by atoms with Crippen molar-refractivity contribution >= 4 is 5.91 Å². The molecule has 1 saturated carbocycles. The molecule has 2 heteroatoms. The third-order valence-electron chi connectivity index (χ3n) is 3.35. The van der Waals surface area contributed by atoms with Crippen LogP contribution in [0.2, 0.25) is 0 Å². The summed E-state index contributed by atoms with van der Waals surface area (Å²) in [5, 5.41) is 2.86. The van der Waals surface area contributed by atoms with Crippen LogP contribution in [-0.4, -0.2) is 12.5 Å². The van der Waals surface area contributed by atoms with Crippen molar-refractivity contribution in [3.63, 3.8) is 0 Å². The molecular formula is C14H19NO. The Morgan fingerprint density at radius 3 is 2.62 bits per heavy atom. The second kappa shape index (κ2) is 5.15. The van der Waals surface area contributed by atoms with Gasteiger partial charge in [-0.1, -0.05) is 30.3 Å². The first-order chi connectivity index (χ1) is 7.79. The van der Waals surface area contributed by atoms with Gasteiger partial charge in [-0.2, -0.15) is 0 Å². The molecule has 16 heavy (non-hydrogen) atoms. The van der Waals surface area contributed by atoms with Gasteiger partial charge in [-0.25, -0.2) is 0 Å². The van der Waals surface area contributed by atoms with Crippen LogP contribution in [0.1, 0.15) is 37.7 Å². The van der Waals surface area contributed by atoms with E-state index in [4.69, 9.17) is 0 Å². The van der Waals surface area contributed by atoms with Gasteiger partial charge >= 0.3 is 0 Å². The van der Waals surface area contributed by atoms with Crippen LogP contribution in [0.3, 0.4) is 0 Å². The lowest BCUT2D eigenvalue weighted by Gasteiger charge is -2.35. The van der Waals surface area contributed by atoms with Crippen molar-refractivity contribution in [2.45, 2.75) is 32.1 Å². The van der Waals surface area contributed by atoms with Crippen molar-refractivity contribution in [1.82, 2.24) is 5.32 Å². The summed E-state index contributed by atoms with van der Waals surface area (Å²) < 4.78 is 0. The molecule has 1 N–H and O–H groups in total. The summed E-state index contributed by atoms with van der Waals surface area (Å²) in [5.41, 5.74) is 1.43. The van der Waals surface area contributed by atoms with Crippen LogP contribution in [0.25, 0.3) is 0 Å². The topological polar surface area (TPSA) is 29.1 Å². The maximum atomic E-state index is 11.4. The number of carbonyl (C=O) groups excluding carboxylic acids is 1. The monoisotopic (exact) mass is 217 g/mol. The highest BCUT2D eigenvalue weighted by atomic mass is 16.1. The maximum absolute atomic E-state index is 11.4. The summed E-state index contributed by atoms with van der Waals surface area (Å²) in [6.07, 6.45) is 3.04. The molecule has 0 radical (unpaired) electrons. The SMILES string of the molecule is CCNC(=O)CC1CC(c2ccccc2)C1. The fourth-order valence-corrected chi connectivity index (χ4v) is 2.43. The minimum Gasteiger partial charge on any atom is -0.356 e. The van der Waals surface area contributed by atoms with Crippen LogP contribution in [0.4, 0.5) is 0 Å². The Morgan fingerprint density at radius 2 is 2.00 bits per heavy atom. The zero-order valence-electron chi connectivity index (χ0n) is 9.78. The summed E-state index contributed by atoms with van der Waals surface area (Å²) in [7, 11) is 0. The molecule has 1 aliphatic carbocycles. The number of rotatable bonds is 4. The predicted octanol–water partition coefficient (Wildman–Crippen LogP) is 2.71. The molecule has 1 aliphatic rings. The van der Waals surface area contributed by atoms with Crippen molar-refractivity contribution in [2.24, 2.45) is 5.92 Å². The van der Waals surface area contributed by atoms with E-state index in [9.17, 15) is 4.79 Å². The molecule has 0 saturated heterocycles. The Hall–Kier alpha value is -1.31. The molecule has 0 aromatic heterocycles. The molecule has 0 spiro atoms. The molecule has 1 aromatic rings. The number of hydrogen-bond donors (Lipinski definition) is 1. The second-order valence-electron chi connectivity index (χ2n) is 4.60. The lowest BCUT2D eigenvalue weighted by Crippen LogP contribution is -2.30. The van der Waals surface area contributed by atoms with Crippen LogP contribution in [-0.2, 0) is 4.79 Å². The van der Waals surface area contributed by atoms with Gasteiger partial charge in [-0.15, -0.1) is 0 Å². The van der Waals surface area contributed by atoms with Gasteiger partial charge in [0.25, 0.3) is 0 Å². The van der Waals surface area contributed by atoms with Crippen molar-refractivity contribution in [3.05, 3.63) is 35.9 Å². The summed E-state index contributed by atoms with van der Waals surface area (Å²) in [6.45, 7) is 2.71. The van der Waals surface area contributed by atoms with Gasteiger partial charge in [0.15, 0.2) is 0 Å². The Morgan fingerprint density at radius 1 is 1.31 bits per heavy atom. The van der Waals surface area contributed by atoms with Crippen LogP contribution in [0.15, 0.2) is 30.3 Å². The molecule has 0 atom stereocenters. The molecule has 0 bridgehead atoms. The van der Waals surface area contributed by atoms with Gasteiger partial charge in [-0.3, -0.25) is 4.79 Å². The molecular weight excluding hydrogens is 198 g/mol. The van der Waals surface area contributed by atoms with Gasteiger partial charge in [0.05, 0.1) is 0 Å². The largest absolute Gasteiger partial charge is 0.356 e. The standard InChI is InChI=1S/C14H19NO/c1-2-15-14(16)10-11-8-13(9-11)12-6-4-3-5-7-12/h3-7,11,13H,2,8-10H2,1H3,(H,15,16). The summed E-state index contributed by atoms with van der Waals surface area (Å²) in [5.74, 6) is 1.48. The third-order valence-corrected chi connectivity index (χ3v) is 3.35. The van der Waals surface area contributed by atoms with Gasteiger partial charge in [0.2, 0.25) is 5.91 Å². The van der Waals surface area contributed by atoms with Crippen LogP contribution in [0.5, 0.6) is 0 Å². The second-order valence-corrected chi connectivity index (χ2v) is 4.60. The lowest BCUT2D eigenvalue weighted by molar-refractivity contribution is -0.122. The van der Waals surface area contributed by atoms with Crippen molar-refractivity contribution < 1.29 is 4.79 Å². The first-order valence-electron chi connectivity index (χ1n) is 6.11. The van der Waals surface area contributed by atoms with E-state index in [-0.39, 0.29) is 5.91 Å². The van der Waals surface area contributed by atoms with E-state index in [0.29, 0.717) is 18.3 Å². The highest BCUT2D eigenvalue weighted by Crippen LogP contribution is 2.43. The molecule has 2 nitrogen and oxygen atoms in total. The third kappa shape index (κ3) is 2.63. The van der Waals surface area contributed by atoms with Crippen LogP contribution < -0.4 is 5.32 Å². The lowest BCUT2D eigenvalue weighted by atomic mass is 9.70. The molecule has 2 rings (SSSR count). The minimum atomic E-state index is 0.207. The van der Waals surface area contributed by atoms with E-state index in [1.165, 1.54) is 18.4 Å². The molecule has 0 heterocycles. The zero-order valence-corrected chi connectivity index (χ0v) is 9.78. The summed E-state index contributed by atoms with van der Waals surface area (Å²) in [6, 6.07) is 10.6. The fourth-order valence-electron chi connectivity index (χ4n) is 2.43. The summed E-state index contributed by atoms with van der Waals surface area (Å²) >= 11 is 0. The van der Waals surface area contributed by atoms with Crippen molar-refractivity contribution in [2.75, 3.05) is 6.54 Å². The van der Waals surface area contributed by atoms with E-state index in [0.717, 1.165) is 6.54 Å². The molecule has 0 unspecified atom stereocenters. The highest BCUT2D eigenvalue weighted by molar-refractivity contribution is 5.76. The molecule has 1 aromatic carbocycles. The molecule has 0 aliphatic heterocycles. The Balaban J connectivity index is 1.76. The average molecular weight is 217 g/mol. The Bertz CT molecular complexity index is 341. The van der Waals surface area contributed by atoms with Gasteiger partial charge in [0, 0.05) is 13.0 Å². The predicted molar refractivity (Wildman–Crippen MR) is 65.2 cm³/mol. The number of hydrogen-bond acceptors (Lipinski definition) is 1.